The van der Waals surface area contributed by atoms with Gasteiger partial charge in [0.1, 0.15) is 12.4 Å². The van der Waals surface area contributed by atoms with Crippen LogP contribution in [0.15, 0.2) is 24.3 Å². The van der Waals surface area contributed by atoms with Gasteiger partial charge in [-0.1, -0.05) is 17.7 Å². The van der Waals surface area contributed by atoms with Crippen LogP contribution < -0.4 is 10.1 Å². The lowest BCUT2D eigenvalue weighted by Crippen LogP contribution is -2.41. The number of carbonyl (C=O) groups excluding carboxylic acids is 1. The van der Waals surface area contributed by atoms with Crippen molar-refractivity contribution in [2.75, 3.05) is 13.2 Å². The van der Waals surface area contributed by atoms with Crippen molar-refractivity contribution in [2.45, 2.75) is 44.9 Å². The highest BCUT2D eigenvalue weighted by Gasteiger charge is 2.38. The van der Waals surface area contributed by atoms with E-state index in [-0.39, 0.29) is 29.1 Å². The zero-order valence-electron chi connectivity index (χ0n) is 15.3. The highest BCUT2D eigenvalue weighted by atomic mass is 35.5. The second-order valence-corrected chi connectivity index (χ2v) is 7.67. The SMILES string of the molecule is CC(C)N1CCC(NC(=O)c2cc3n(n2)CCO3)C1c1ccc(Cl)c(F)c1. The van der Waals surface area contributed by atoms with Crippen molar-refractivity contribution < 1.29 is 13.9 Å². The summed E-state index contributed by atoms with van der Waals surface area (Å²) in [6.45, 7) is 6.25. The number of halogens is 2. The first-order valence-corrected chi connectivity index (χ1v) is 9.54. The number of rotatable bonds is 4. The third kappa shape index (κ3) is 3.41. The van der Waals surface area contributed by atoms with Crippen molar-refractivity contribution in [3.63, 3.8) is 0 Å². The monoisotopic (exact) mass is 392 g/mol. The van der Waals surface area contributed by atoms with Crippen molar-refractivity contribution >= 4 is 17.5 Å². The molecule has 0 spiro atoms. The smallest absolute Gasteiger partial charge is 0.272 e. The summed E-state index contributed by atoms with van der Waals surface area (Å²) in [5, 5.41) is 7.48. The Morgan fingerprint density at radius 1 is 1.37 bits per heavy atom. The van der Waals surface area contributed by atoms with Crippen molar-refractivity contribution in [1.29, 1.82) is 0 Å². The fourth-order valence-electron chi connectivity index (χ4n) is 3.93. The number of ether oxygens (including phenoxy) is 1. The first kappa shape index (κ1) is 18.3. The van der Waals surface area contributed by atoms with Crippen LogP contribution in [0.5, 0.6) is 5.88 Å². The Hall–Kier alpha value is -2.12. The molecule has 27 heavy (non-hydrogen) atoms. The van der Waals surface area contributed by atoms with E-state index in [4.69, 9.17) is 16.3 Å². The minimum absolute atomic E-state index is 0.0981. The van der Waals surface area contributed by atoms with Gasteiger partial charge in [0.15, 0.2) is 5.69 Å². The van der Waals surface area contributed by atoms with E-state index < -0.39 is 5.82 Å². The van der Waals surface area contributed by atoms with Gasteiger partial charge in [0.25, 0.3) is 5.91 Å². The number of nitrogens with one attached hydrogen (secondary N) is 1. The average Bonchev–Trinajstić information content (AvgIpc) is 3.31. The van der Waals surface area contributed by atoms with Crippen LogP contribution in [-0.4, -0.2) is 45.8 Å². The van der Waals surface area contributed by atoms with Gasteiger partial charge < -0.3 is 10.1 Å². The van der Waals surface area contributed by atoms with E-state index in [1.807, 2.05) is 6.07 Å². The van der Waals surface area contributed by atoms with Crippen LogP contribution in [0.1, 0.15) is 42.4 Å². The lowest BCUT2D eigenvalue weighted by atomic mass is 9.99. The molecule has 0 bridgehead atoms. The molecule has 1 amide bonds. The van der Waals surface area contributed by atoms with Crippen LogP contribution in [0.25, 0.3) is 0 Å². The molecule has 1 aromatic heterocycles. The van der Waals surface area contributed by atoms with E-state index in [1.165, 1.54) is 6.07 Å². The Bertz CT molecular complexity index is 848. The molecule has 2 aliphatic rings. The maximum absolute atomic E-state index is 14.0. The Kier molecular flexibility index (Phi) is 4.82. The first-order valence-electron chi connectivity index (χ1n) is 9.16. The van der Waals surface area contributed by atoms with Gasteiger partial charge in [-0.05, 0) is 38.0 Å². The molecule has 1 saturated heterocycles. The molecule has 1 N–H and O–H groups in total. The summed E-state index contributed by atoms with van der Waals surface area (Å²) >= 11 is 5.84. The average molecular weight is 393 g/mol. The third-order valence-corrected chi connectivity index (χ3v) is 5.54. The van der Waals surface area contributed by atoms with E-state index in [0.29, 0.717) is 24.7 Å². The Morgan fingerprint density at radius 3 is 2.89 bits per heavy atom. The fourth-order valence-corrected chi connectivity index (χ4v) is 4.05. The van der Waals surface area contributed by atoms with Crippen LogP contribution in [0.3, 0.4) is 0 Å². The highest BCUT2D eigenvalue weighted by Crippen LogP contribution is 2.35. The molecule has 2 unspecified atom stereocenters. The second kappa shape index (κ2) is 7.13. The molecule has 6 nitrogen and oxygen atoms in total. The number of carbonyl (C=O) groups is 1. The minimum Gasteiger partial charge on any atom is -0.476 e. The number of amides is 1. The molecule has 3 heterocycles. The largest absolute Gasteiger partial charge is 0.476 e. The predicted molar refractivity (Wildman–Crippen MR) is 99.6 cm³/mol. The predicted octanol–water partition coefficient (Wildman–Crippen LogP) is 3.02. The molecule has 144 valence electrons. The summed E-state index contributed by atoms with van der Waals surface area (Å²) in [6.07, 6.45) is 0.781. The Morgan fingerprint density at radius 2 is 2.19 bits per heavy atom. The molecule has 2 atom stereocenters. The molecule has 4 rings (SSSR count). The number of fused-ring (bicyclic) bond motifs is 1. The zero-order valence-corrected chi connectivity index (χ0v) is 16.0. The van der Waals surface area contributed by atoms with E-state index in [9.17, 15) is 9.18 Å². The molecule has 0 aliphatic carbocycles. The number of benzene rings is 1. The lowest BCUT2D eigenvalue weighted by molar-refractivity contribution is 0.0913. The van der Waals surface area contributed by atoms with E-state index in [1.54, 1.807) is 16.8 Å². The number of aromatic nitrogens is 2. The van der Waals surface area contributed by atoms with Gasteiger partial charge >= 0.3 is 0 Å². The zero-order chi connectivity index (χ0) is 19.1. The maximum Gasteiger partial charge on any atom is 0.272 e. The van der Waals surface area contributed by atoms with E-state index in [2.05, 4.69) is 29.2 Å². The van der Waals surface area contributed by atoms with Gasteiger partial charge in [0.2, 0.25) is 5.88 Å². The van der Waals surface area contributed by atoms with Crippen LogP contribution in [0.4, 0.5) is 4.39 Å². The van der Waals surface area contributed by atoms with Crippen molar-refractivity contribution in [2.24, 2.45) is 0 Å². The van der Waals surface area contributed by atoms with Gasteiger partial charge in [0, 0.05) is 18.7 Å². The second-order valence-electron chi connectivity index (χ2n) is 7.26. The summed E-state index contributed by atoms with van der Waals surface area (Å²) in [5.41, 5.74) is 1.15. The number of nitrogens with zero attached hydrogens (tertiary/aromatic N) is 3. The Balaban J connectivity index is 1.57. The Labute approximate surface area is 162 Å². The maximum atomic E-state index is 14.0. The summed E-state index contributed by atoms with van der Waals surface area (Å²) in [6, 6.07) is 6.53. The summed E-state index contributed by atoms with van der Waals surface area (Å²) < 4.78 is 21.2. The fraction of sp³-hybridized carbons (Fsp3) is 0.474. The molecule has 0 saturated carbocycles. The normalized spacial score (nSPS) is 22.1. The third-order valence-electron chi connectivity index (χ3n) is 5.23. The van der Waals surface area contributed by atoms with Crippen LogP contribution >= 0.6 is 11.6 Å². The van der Waals surface area contributed by atoms with Crippen molar-refractivity contribution in [1.82, 2.24) is 20.0 Å². The molecular formula is C19H22ClFN4O2. The quantitative estimate of drug-likeness (QED) is 0.868. The minimum atomic E-state index is -0.447. The molecule has 2 aromatic rings. The molecular weight excluding hydrogens is 371 g/mol. The number of hydrogen-bond acceptors (Lipinski definition) is 4. The van der Waals surface area contributed by atoms with Gasteiger partial charge in [-0.3, -0.25) is 9.69 Å². The van der Waals surface area contributed by atoms with E-state index in [0.717, 1.165) is 18.5 Å². The lowest BCUT2D eigenvalue weighted by Gasteiger charge is -2.32. The van der Waals surface area contributed by atoms with Gasteiger partial charge in [-0.25, -0.2) is 9.07 Å². The van der Waals surface area contributed by atoms with Gasteiger partial charge in [0.05, 0.1) is 23.7 Å². The molecule has 8 heteroatoms. The molecule has 0 radical (unpaired) electrons. The van der Waals surface area contributed by atoms with Crippen LogP contribution in [-0.2, 0) is 6.54 Å². The number of likely N-dealkylation sites (tertiary alicyclic amines) is 1. The molecule has 1 fully saturated rings. The molecule has 1 aromatic carbocycles. The standard InChI is InChI=1S/C19H22ClFN4O2/c1-11(2)24-6-5-15(18(24)12-3-4-13(20)14(21)9-12)22-19(26)16-10-17-25(23-16)7-8-27-17/h3-4,9-11,15,18H,5-8H2,1-2H3,(H,22,26). The summed E-state index contributed by atoms with van der Waals surface area (Å²) in [5.74, 6) is -0.0697. The first-order chi connectivity index (χ1) is 12.9. The van der Waals surface area contributed by atoms with Crippen LogP contribution in [0.2, 0.25) is 5.02 Å². The topological polar surface area (TPSA) is 59.4 Å². The summed E-state index contributed by atoms with van der Waals surface area (Å²) in [7, 11) is 0. The van der Waals surface area contributed by atoms with Crippen molar-refractivity contribution in [3.8, 4) is 5.88 Å². The summed E-state index contributed by atoms with van der Waals surface area (Å²) in [4.78, 5) is 15.0. The van der Waals surface area contributed by atoms with Crippen LogP contribution in [0, 0.1) is 5.82 Å². The van der Waals surface area contributed by atoms with E-state index >= 15 is 0 Å². The number of hydrogen-bond donors (Lipinski definition) is 1. The highest BCUT2D eigenvalue weighted by molar-refractivity contribution is 6.30. The van der Waals surface area contributed by atoms with Gasteiger partial charge in [-0.15, -0.1) is 0 Å². The molecule has 2 aliphatic heterocycles. The van der Waals surface area contributed by atoms with Crippen molar-refractivity contribution in [3.05, 3.63) is 46.4 Å². The van der Waals surface area contributed by atoms with Gasteiger partial charge in [-0.2, -0.15) is 5.10 Å².